The number of benzene rings is 1. The molecule has 1 aromatic heterocycles. The number of nitrogens with one attached hydrogen (secondary N) is 1. The van der Waals surface area contributed by atoms with Crippen molar-refractivity contribution in [3.05, 3.63) is 34.7 Å². The minimum Gasteiger partial charge on any atom is -0.417 e. The topological polar surface area (TPSA) is 98.5 Å². The maximum absolute atomic E-state index is 12.8. The van der Waals surface area contributed by atoms with Gasteiger partial charge in [-0.25, -0.2) is 9.48 Å². The lowest BCUT2D eigenvalue weighted by atomic mass is 9.97. The summed E-state index contributed by atoms with van der Waals surface area (Å²) in [5.41, 5.74) is 1.59. The number of rotatable bonds is 6. The number of anilines is 1. The van der Waals surface area contributed by atoms with Crippen LogP contribution in [-0.4, -0.2) is 54.2 Å². The lowest BCUT2D eigenvalue weighted by Crippen LogP contribution is -2.44. The van der Waals surface area contributed by atoms with Crippen molar-refractivity contribution in [3.63, 3.8) is 0 Å². The number of hydrogen-bond donors (Lipinski definition) is 1. The molecule has 2 aliphatic heterocycles. The Hall–Kier alpha value is -2.72. The first kappa shape index (κ1) is 26.3. The van der Waals surface area contributed by atoms with Crippen LogP contribution >= 0.6 is 0 Å². The average Bonchev–Trinajstić information content (AvgIpc) is 3.12. The molecule has 1 aromatic carbocycles. The van der Waals surface area contributed by atoms with Crippen LogP contribution in [0.1, 0.15) is 52.5 Å². The van der Waals surface area contributed by atoms with Gasteiger partial charge in [0, 0.05) is 44.4 Å². The Balaban J connectivity index is 1.39. The Labute approximate surface area is 213 Å². The molecule has 4 rings (SSSR count). The Morgan fingerprint density at radius 3 is 2.28 bits per heavy atom. The van der Waals surface area contributed by atoms with Gasteiger partial charge in [-0.05, 0) is 67.6 Å². The van der Waals surface area contributed by atoms with Gasteiger partial charge in [-0.1, -0.05) is 20.8 Å². The van der Waals surface area contributed by atoms with Gasteiger partial charge in [0.25, 0.3) is 5.91 Å². The van der Waals surface area contributed by atoms with Gasteiger partial charge in [-0.15, -0.1) is 5.10 Å². The van der Waals surface area contributed by atoms with Crippen LogP contribution < -0.4 is 15.9 Å². The summed E-state index contributed by atoms with van der Waals surface area (Å²) in [4.78, 5) is 38.9. The highest BCUT2D eigenvalue weighted by molar-refractivity contribution is 6.74. The van der Waals surface area contributed by atoms with Crippen molar-refractivity contribution in [3.8, 4) is 11.4 Å². The van der Waals surface area contributed by atoms with Crippen molar-refractivity contribution >= 4 is 25.8 Å². The Morgan fingerprint density at radius 1 is 1.06 bits per heavy atom. The van der Waals surface area contributed by atoms with Crippen LogP contribution in [0.5, 0.6) is 0 Å². The van der Waals surface area contributed by atoms with Crippen molar-refractivity contribution in [2.75, 3.05) is 24.6 Å². The van der Waals surface area contributed by atoms with E-state index in [2.05, 4.69) is 61.3 Å². The molecule has 36 heavy (non-hydrogen) atoms. The van der Waals surface area contributed by atoms with Crippen LogP contribution in [0.15, 0.2) is 29.1 Å². The zero-order chi connectivity index (χ0) is 26.3. The van der Waals surface area contributed by atoms with E-state index in [1.54, 1.807) is 7.05 Å². The van der Waals surface area contributed by atoms with Gasteiger partial charge < -0.3 is 9.33 Å². The molecule has 1 atom stereocenters. The lowest BCUT2D eigenvalue weighted by Gasteiger charge is -2.39. The minimum atomic E-state index is -1.72. The van der Waals surface area contributed by atoms with Crippen molar-refractivity contribution in [2.24, 2.45) is 13.0 Å². The standard InChI is InChI=1S/C26H39N5O4Si/c1-26(2,3)36(5,6)35-17-18-13-15-30(16-14-18)20-9-7-19(8-10-20)23-28-31(25(34)29(23)4)21-11-12-22(32)27-24(21)33/h7-10,18,21H,11-17H2,1-6H3,(H,27,32,33). The predicted molar refractivity (Wildman–Crippen MR) is 142 cm³/mol. The third-order valence-corrected chi connectivity index (χ3v) is 12.6. The first-order valence-electron chi connectivity index (χ1n) is 12.9. The number of piperidine rings is 2. The fourth-order valence-electron chi connectivity index (χ4n) is 4.55. The van der Waals surface area contributed by atoms with E-state index in [9.17, 15) is 14.4 Å². The molecule has 1 N–H and O–H groups in total. The normalized spacial score (nSPS) is 20.1. The molecule has 0 spiro atoms. The predicted octanol–water partition coefficient (Wildman–Crippen LogP) is 3.46. The van der Waals surface area contributed by atoms with E-state index in [1.807, 2.05) is 12.1 Å². The molecule has 0 saturated carbocycles. The lowest BCUT2D eigenvalue weighted by molar-refractivity contribution is -0.136. The summed E-state index contributed by atoms with van der Waals surface area (Å²) < 4.78 is 9.11. The zero-order valence-electron chi connectivity index (χ0n) is 22.3. The van der Waals surface area contributed by atoms with Crippen molar-refractivity contribution in [1.82, 2.24) is 19.7 Å². The van der Waals surface area contributed by atoms with Crippen molar-refractivity contribution in [1.29, 1.82) is 0 Å². The largest absolute Gasteiger partial charge is 0.417 e. The van der Waals surface area contributed by atoms with E-state index >= 15 is 0 Å². The fraction of sp³-hybridized carbons (Fsp3) is 0.615. The third-order valence-electron chi connectivity index (χ3n) is 8.10. The van der Waals surface area contributed by atoms with Gasteiger partial charge in [0.15, 0.2) is 14.1 Å². The second kappa shape index (κ2) is 9.97. The minimum absolute atomic E-state index is 0.197. The summed E-state index contributed by atoms with van der Waals surface area (Å²) in [7, 11) is -0.0658. The van der Waals surface area contributed by atoms with E-state index in [4.69, 9.17) is 4.43 Å². The van der Waals surface area contributed by atoms with Crippen molar-refractivity contribution < 1.29 is 14.0 Å². The highest BCUT2D eigenvalue weighted by Crippen LogP contribution is 2.37. The smallest absolute Gasteiger partial charge is 0.346 e. The monoisotopic (exact) mass is 513 g/mol. The molecule has 1 unspecified atom stereocenters. The Morgan fingerprint density at radius 2 is 1.69 bits per heavy atom. The molecule has 9 nitrogen and oxygen atoms in total. The van der Waals surface area contributed by atoms with Crippen LogP contribution in [0.3, 0.4) is 0 Å². The fourth-order valence-corrected chi connectivity index (χ4v) is 5.63. The summed E-state index contributed by atoms with van der Waals surface area (Å²) in [6.07, 6.45) is 2.70. The molecule has 0 bridgehead atoms. The molecular weight excluding hydrogens is 474 g/mol. The number of carbonyl (C=O) groups is 2. The maximum atomic E-state index is 12.8. The van der Waals surface area contributed by atoms with Gasteiger partial charge >= 0.3 is 5.69 Å². The highest BCUT2D eigenvalue weighted by Gasteiger charge is 2.38. The molecule has 2 amide bonds. The van der Waals surface area contributed by atoms with E-state index in [0.29, 0.717) is 11.7 Å². The van der Waals surface area contributed by atoms with Crippen LogP contribution in [0, 0.1) is 5.92 Å². The van der Waals surface area contributed by atoms with E-state index in [0.717, 1.165) is 43.8 Å². The molecule has 2 aromatic rings. The third kappa shape index (κ3) is 5.34. The summed E-state index contributed by atoms with van der Waals surface area (Å²) in [6, 6.07) is 7.31. The number of nitrogens with zero attached hydrogens (tertiary/aromatic N) is 4. The summed E-state index contributed by atoms with van der Waals surface area (Å²) in [5, 5.41) is 6.99. The number of aromatic nitrogens is 3. The van der Waals surface area contributed by atoms with Gasteiger partial charge in [-0.3, -0.25) is 19.5 Å². The molecule has 3 heterocycles. The van der Waals surface area contributed by atoms with Crippen LogP contribution in [0.2, 0.25) is 18.1 Å². The number of hydrogen-bond acceptors (Lipinski definition) is 6. The quantitative estimate of drug-likeness (QED) is 0.469. The Kier molecular flexibility index (Phi) is 7.30. The average molecular weight is 514 g/mol. The highest BCUT2D eigenvalue weighted by atomic mass is 28.4. The molecule has 10 heteroatoms. The van der Waals surface area contributed by atoms with Gasteiger partial charge in [-0.2, -0.15) is 0 Å². The SMILES string of the molecule is Cn1c(-c2ccc(N3CCC(CO[Si](C)(C)C(C)(C)C)CC3)cc2)nn(C2CCC(=O)NC2=O)c1=O. The van der Waals surface area contributed by atoms with Crippen LogP contribution in [0.25, 0.3) is 11.4 Å². The van der Waals surface area contributed by atoms with E-state index in [1.165, 1.54) is 9.25 Å². The molecule has 196 valence electrons. The molecule has 2 fully saturated rings. The van der Waals surface area contributed by atoms with E-state index < -0.39 is 20.3 Å². The summed E-state index contributed by atoms with van der Waals surface area (Å²) in [5.74, 6) is 0.299. The molecule has 2 saturated heterocycles. The van der Waals surface area contributed by atoms with Gasteiger partial charge in [0.2, 0.25) is 5.91 Å². The van der Waals surface area contributed by atoms with E-state index in [-0.39, 0.29) is 29.5 Å². The molecular formula is C26H39N5O4Si. The first-order valence-corrected chi connectivity index (χ1v) is 15.8. The molecule has 0 radical (unpaired) electrons. The first-order chi connectivity index (χ1) is 16.9. The zero-order valence-corrected chi connectivity index (χ0v) is 23.3. The molecule has 2 aliphatic rings. The van der Waals surface area contributed by atoms with Crippen molar-refractivity contribution in [2.45, 2.75) is 70.6 Å². The number of amides is 2. The van der Waals surface area contributed by atoms with Gasteiger partial charge in [0.05, 0.1) is 0 Å². The van der Waals surface area contributed by atoms with Gasteiger partial charge in [0.1, 0.15) is 6.04 Å². The second-order valence-electron chi connectivity index (χ2n) is 11.6. The summed E-state index contributed by atoms with van der Waals surface area (Å²) >= 11 is 0. The van der Waals surface area contributed by atoms with Crippen LogP contribution in [-0.2, 0) is 21.1 Å². The van der Waals surface area contributed by atoms with Crippen LogP contribution in [0.4, 0.5) is 5.69 Å². The second-order valence-corrected chi connectivity index (χ2v) is 16.4. The number of carbonyl (C=O) groups excluding carboxylic acids is 2. The number of imide groups is 1. The molecule has 0 aliphatic carbocycles. The Bertz CT molecular complexity index is 1170. The maximum Gasteiger partial charge on any atom is 0.346 e. The summed E-state index contributed by atoms with van der Waals surface area (Å²) in [6.45, 7) is 14.3.